The van der Waals surface area contributed by atoms with E-state index in [1.807, 2.05) is 0 Å². The second-order valence-electron chi connectivity index (χ2n) is 5.62. The average Bonchev–Trinajstić information content (AvgIpc) is 3.23. The number of rotatable bonds is 6. The molecule has 122 valence electrons. The number of aromatic nitrogens is 4. The fourth-order valence-corrected chi connectivity index (χ4v) is 2.82. The number of hydrogen-bond donors (Lipinski definition) is 1. The summed E-state index contributed by atoms with van der Waals surface area (Å²) in [7, 11) is 0. The highest BCUT2D eigenvalue weighted by molar-refractivity contribution is 5.78. The second-order valence-corrected chi connectivity index (χ2v) is 5.62. The van der Waals surface area contributed by atoms with E-state index >= 15 is 0 Å². The molecule has 1 aliphatic rings. The molecule has 0 radical (unpaired) electrons. The Morgan fingerprint density at radius 3 is 2.78 bits per heavy atom. The van der Waals surface area contributed by atoms with Gasteiger partial charge in [-0.15, -0.1) is 0 Å². The maximum Gasteiger partial charge on any atom is 0.441 e. The molecule has 2 aromatic rings. The van der Waals surface area contributed by atoms with E-state index in [4.69, 9.17) is 4.52 Å². The van der Waals surface area contributed by atoms with Crippen molar-refractivity contribution in [3.63, 3.8) is 0 Å². The van der Waals surface area contributed by atoms with Gasteiger partial charge in [-0.2, -0.15) is 0 Å². The molecule has 1 fully saturated rings. The minimum absolute atomic E-state index is 0.117. The standard InChI is InChI=1S/C15H19N5O3/c21-14(11-5-1-2-6-11)18-9-4-10-20-13(19-23-15(20)22)12-16-7-3-8-17-12/h3,7-8,11H,1-2,4-6,9-10H2,(H,18,21). The first-order valence-corrected chi connectivity index (χ1v) is 7.87. The highest BCUT2D eigenvalue weighted by atomic mass is 16.5. The first-order chi connectivity index (χ1) is 11.3. The lowest BCUT2D eigenvalue weighted by molar-refractivity contribution is -0.124. The zero-order valence-electron chi connectivity index (χ0n) is 12.8. The van der Waals surface area contributed by atoms with Crippen molar-refractivity contribution in [1.29, 1.82) is 0 Å². The molecule has 2 heterocycles. The second kappa shape index (κ2) is 7.17. The Hall–Kier alpha value is -2.51. The van der Waals surface area contributed by atoms with Crippen molar-refractivity contribution in [2.45, 2.75) is 38.6 Å². The molecule has 1 aliphatic carbocycles. The number of carbonyl (C=O) groups is 1. The predicted octanol–water partition coefficient (Wildman–Crippen LogP) is 0.990. The van der Waals surface area contributed by atoms with E-state index in [2.05, 4.69) is 20.4 Å². The quantitative estimate of drug-likeness (QED) is 0.797. The normalized spacial score (nSPS) is 15.0. The summed E-state index contributed by atoms with van der Waals surface area (Å²) in [6.45, 7) is 0.906. The summed E-state index contributed by atoms with van der Waals surface area (Å²) < 4.78 is 6.09. The van der Waals surface area contributed by atoms with Gasteiger partial charge in [0.1, 0.15) is 0 Å². The molecule has 2 aromatic heterocycles. The van der Waals surface area contributed by atoms with Crippen molar-refractivity contribution in [2.75, 3.05) is 6.54 Å². The Morgan fingerprint density at radius 2 is 2.04 bits per heavy atom. The summed E-state index contributed by atoms with van der Waals surface area (Å²) in [5, 5.41) is 6.66. The summed E-state index contributed by atoms with van der Waals surface area (Å²) >= 11 is 0. The molecule has 0 aromatic carbocycles. The Kier molecular flexibility index (Phi) is 4.80. The van der Waals surface area contributed by atoms with Crippen LogP contribution in [0.4, 0.5) is 0 Å². The lowest BCUT2D eigenvalue weighted by Crippen LogP contribution is -2.31. The third-order valence-corrected chi connectivity index (χ3v) is 4.04. The highest BCUT2D eigenvalue weighted by Gasteiger charge is 2.22. The van der Waals surface area contributed by atoms with Gasteiger partial charge in [-0.05, 0) is 25.3 Å². The summed E-state index contributed by atoms with van der Waals surface area (Å²) in [6, 6.07) is 1.69. The lowest BCUT2D eigenvalue weighted by atomic mass is 10.1. The molecule has 0 spiro atoms. The zero-order chi connectivity index (χ0) is 16.1. The molecule has 8 nitrogen and oxygen atoms in total. The molecule has 1 amide bonds. The first-order valence-electron chi connectivity index (χ1n) is 7.87. The predicted molar refractivity (Wildman–Crippen MR) is 81.4 cm³/mol. The van der Waals surface area contributed by atoms with Crippen molar-refractivity contribution in [3.05, 3.63) is 29.0 Å². The zero-order valence-corrected chi connectivity index (χ0v) is 12.8. The molecular formula is C15H19N5O3. The third-order valence-electron chi connectivity index (χ3n) is 4.04. The van der Waals surface area contributed by atoms with Crippen LogP contribution in [-0.2, 0) is 11.3 Å². The van der Waals surface area contributed by atoms with Crippen LogP contribution >= 0.6 is 0 Å². The Balaban J connectivity index is 1.55. The van der Waals surface area contributed by atoms with Gasteiger partial charge >= 0.3 is 5.76 Å². The topological polar surface area (TPSA) is 103 Å². The summed E-state index contributed by atoms with van der Waals surface area (Å²) in [5.74, 6) is 0.369. The van der Waals surface area contributed by atoms with E-state index < -0.39 is 5.76 Å². The maximum atomic E-state index is 11.9. The van der Waals surface area contributed by atoms with Crippen LogP contribution in [0.3, 0.4) is 0 Å². The molecule has 0 atom stereocenters. The lowest BCUT2D eigenvalue weighted by Gasteiger charge is -2.10. The van der Waals surface area contributed by atoms with Crippen LogP contribution in [-0.4, -0.2) is 32.1 Å². The number of nitrogens with one attached hydrogen (secondary N) is 1. The van der Waals surface area contributed by atoms with Gasteiger partial charge in [0.15, 0.2) is 5.82 Å². The molecule has 1 saturated carbocycles. The highest BCUT2D eigenvalue weighted by Crippen LogP contribution is 2.24. The van der Waals surface area contributed by atoms with E-state index in [-0.39, 0.29) is 11.8 Å². The molecular weight excluding hydrogens is 298 g/mol. The monoisotopic (exact) mass is 317 g/mol. The van der Waals surface area contributed by atoms with Gasteiger partial charge in [-0.3, -0.25) is 13.9 Å². The SMILES string of the molecule is O=C(NCCCn1c(-c2ncccn2)noc1=O)C1CCCC1. The minimum atomic E-state index is -0.547. The number of amides is 1. The Labute approximate surface area is 132 Å². The van der Waals surface area contributed by atoms with Crippen LogP contribution in [0, 0.1) is 5.92 Å². The molecule has 3 rings (SSSR count). The fourth-order valence-electron chi connectivity index (χ4n) is 2.82. The van der Waals surface area contributed by atoms with E-state index in [9.17, 15) is 9.59 Å². The van der Waals surface area contributed by atoms with Crippen LogP contribution in [0.5, 0.6) is 0 Å². The summed E-state index contributed by atoms with van der Waals surface area (Å²) in [5.41, 5.74) is 0. The van der Waals surface area contributed by atoms with Crippen molar-refractivity contribution in [3.8, 4) is 11.6 Å². The van der Waals surface area contributed by atoms with E-state index in [0.717, 1.165) is 25.7 Å². The van der Waals surface area contributed by atoms with E-state index in [1.165, 1.54) is 4.57 Å². The summed E-state index contributed by atoms with van der Waals surface area (Å²) in [4.78, 5) is 31.8. The van der Waals surface area contributed by atoms with E-state index in [1.54, 1.807) is 18.5 Å². The number of nitrogens with zero attached hydrogens (tertiary/aromatic N) is 4. The van der Waals surface area contributed by atoms with Gasteiger partial charge < -0.3 is 5.32 Å². The molecule has 23 heavy (non-hydrogen) atoms. The molecule has 1 N–H and O–H groups in total. The first kappa shape index (κ1) is 15.4. The largest absolute Gasteiger partial charge is 0.441 e. The smallest absolute Gasteiger partial charge is 0.356 e. The summed E-state index contributed by atoms with van der Waals surface area (Å²) in [6.07, 6.45) is 7.99. The van der Waals surface area contributed by atoms with Gasteiger partial charge in [-0.25, -0.2) is 14.8 Å². The molecule has 8 heteroatoms. The Bertz CT molecular complexity index is 703. The van der Waals surface area contributed by atoms with Crippen molar-refractivity contribution >= 4 is 5.91 Å². The molecule has 0 unspecified atom stereocenters. The van der Waals surface area contributed by atoms with Gasteiger partial charge in [0.2, 0.25) is 11.7 Å². The van der Waals surface area contributed by atoms with Crippen LogP contribution in [0.2, 0.25) is 0 Å². The van der Waals surface area contributed by atoms with Gasteiger partial charge in [-0.1, -0.05) is 18.0 Å². The van der Waals surface area contributed by atoms with Crippen LogP contribution in [0.1, 0.15) is 32.1 Å². The number of hydrogen-bond acceptors (Lipinski definition) is 6. The van der Waals surface area contributed by atoms with Crippen molar-refractivity contribution in [1.82, 2.24) is 25.0 Å². The average molecular weight is 317 g/mol. The molecule has 0 aliphatic heterocycles. The molecule has 0 saturated heterocycles. The van der Waals surface area contributed by atoms with E-state index in [0.29, 0.717) is 31.2 Å². The fraction of sp³-hybridized carbons (Fsp3) is 0.533. The van der Waals surface area contributed by atoms with Crippen molar-refractivity contribution in [2.24, 2.45) is 5.92 Å². The third kappa shape index (κ3) is 3.64. The van der Waals surface area contributed by atoms with Gasteiger partial charge in [0.05, 0.1) is 0 Å². The minimum Gasteiger partial charge on any atom is -0.356 e. The maximum absolute atomic E-state index is 11.9. The van der Waals surface area contributed by atoms with Crippen LogP contribution in [0.25, 0.3) is 11.6 Å². The van der Waals surface area contributed by atoms with Gasteiger partial charge in [0, 0.05) is 31.4 Å². The number of carbonyl (C=O) groups excluding carboxylic acids is 1. The van der Waals surface area contributed by atoms with Crippen molar-refractivity contribution < 1.29 is 9.32 Å². The van der Waals surface area contributed by atoms with Crippen LogP contribution in [0.15, 0.2) is 27.8 Å². The molecule has 0 bridgehead atoms. The van der Waals surface area contributed by atoms with Gasteiger partial charge in [0.25, 0.3) is 0 Å². The van der Waals surface area contributed by atoms with Crippen LogP contribution < -0.4 is 11.1 Å². The Morgan fingerprint density at radius 1 is 1.30 bits per heavy atom.